The number of rotatable bonds is 3. The highest BCUT2D eigenvalue weighted by atomic mass is 16.3. The number of aliphatic hydroxyl groups is 1. The molecule has 5 nitrogen and oxygen atoms in total. The summed E-state index contributed by atoms with van der Waals surface area (Å²) in [5, 5.41) is 26.0. The molecule has 1 aromatic heterocycles. The van der Waals surface area contributed by atoms with Gasteiger partial charge in [-0.25, -0.2) is 0 Å². The Bertz CT molecular complexity index is 446. The van der Waals surface area contributed by atoms with Crippen LogP contribution in [0.3, 0.4) is 0 Å². The molecule has 0 aromatic carbocycles. The summed E-state index contributed by atoms with van der Waals surface area (Å²) in [5.74, 6) is 1.06. The smallest absolute Gasteiger partial charge is 0.142 e. The van der Waals surface area contributed by atoms with Crippen LogP contribution in [0.2, 0.25) is 0 Å². The average Bonchev–Trinajstić information content (AvgIpc) is 2.85. The zero-order chi connectivity index (χ0) is 12.4. The van der Waals surface area contributed by atoms with Crippen LogP contribution in [0.5, 0.6) is 0 Å². The largest absolute Gasteiger partial charge is 0.396 e. The van der Waals surface area contributed by atoms with Gasteiger partial charge in [-0.15, -0.1) is 0 Å². The molecule has 0 aliphatic heterocycles. The SMILES string of the molecule is Cc1nn(C)c(NC2CCCC2CO)c1C#N. The van der Waals surface area contributed by atoms with Crippen LogP contribution in [-0.2, 0) is 7.05 Å². The lowest BCUT2D eigenvalue weighted by atomic mass is 10.0. The van der Waals surface area contributed by atoms with E-state index >= 15 is 0 Å². The van der Waals surface area contributed by atoms with Gasteiger partial charge in [-0.1, -0.05) is 6.42 Å². The lowest BCUT2D eigenvalue weighted by molar-refractivity contribution is 0.222. The summed E-state index contributed by atoms with van der Waals surface area (Å²) >= 11 is 0. The van der Waals surface area contributed by atoms with Crippen molar-refractivity contribution in [3.05, 3.63) is 11.3 Å². The molecule has 1 heterocycles. The lowest BCUT2D eigenvalue weighted by Crippen LogP contribution is -2.27. The molecule has 1 saturated carbocycles. The molecular weight excluding hydrogens is 216 g/mol. The van der Waals surface area contributed by atoms with Crippen LogP contribution in [0.25, 0.3) is 0 Å². The number of nitriles is 1. The molecule has 2 N–H and O–H groups in total. The van der Waals surface area contributed by atoms with E-state index in [-0.39, 0.29) is 18.6 Å². The second-order valence-corrected chi connectivity index (χ2v) is 4.67. The lowest BCUT2D eigenvalue weighted by Gasteiger charge is -2.20. The number of aromatic nitrogens is 2. The van der Waals surface area contributed by atoms with E-state index < -0.39 is 0 Å². The molecule has 5 heteroatoms. The Morgan fingerprint density at radius 1 is 1.59 bits per heavy atom. The van der Waals surface area contributed by atoms with Crippen LogP contribution in [-0.4, -0.2) is 27.5 Å². The first-order chi connectivity index (χ1) is 8.17. The predicted octanol–water partition coefficient (Wildman–Crippen LogP) is 1.17. The van der Waals surface area contributed by atoms with Gasteiger partial charge in [-0.05, 0) is 19.8 Å². The molecule has 92 valence electrons. The fourth-order valence-electron chi connectivity index (χ4n) is 2.58. The summed E-state index contributed by atoms with van der Waals surface area (Å²) < 4.78 is 1.71. The predicted molar refractivity (Wildman–Crippen MR) is 64.5 cm³/mol. The van der Waals surface area contributed by atoms with Gasteiger partial charge in [-0.2, -0.15) is 10.4 Å². The third-order valence-corrected chi connectivity index (χ3v) is 3.55. The molecule has 2 atom stereocenters. The van der Waals surface area contributed by atoms with Gasteiger partial charge in [0.1, 0.15) is 17.5 Å². The van der Waals surface area contributed by atoms with Crippen LogP contribution < -0.4 is 5.32 Å². The summed E-state index contributed by atoms with van der Waals surface area (Å²) in [4.78, 5) is 0. The fourth-order valence-corrected chi connectivity index (χ4v) is 2.58. The fraction of sp³-hybridized carbons (Fsp3) is 0.667. The molecule has 1 fully saturated rings. The minimum Gasteiger partial charge on any atom is -0.396 e. The summed E-state index contributed by atoms with van der Waals surface area (Å²) in [6, 6.07) is 2.43. The number of aryl methyl sites for hydroxylation is 2. The van der Waals surface area contributed by atoms with Gasteiger partial charge < -0.3 is 10.4 Å². The van der Waals surface area contributed by atoms with Crippen LogP contribution in [0, 0.1) is 24.2 Å². The van der Waals surface area contributed by atoms with Crippen molar-refractivity contribution in [1.29, 1.82) is 5.26 Å². The minimum atomic E-state index is 0.205. The van der Waals surface area contributed by atoms with Crippen LogP contribution in [0.1, 0.15) is 30.5 Å². The molecule has 0 bridgehead atoms. The van der Waals surface area contributed by atoms with Crippen molar-refractivity contribution in [3.8, 4) is 6.07 Å². The summed E-state index contributed by atoms with van der Waals surface area (Å²) in [5.41, 5.74) is 1.35. The molecule has 0 saturated heterocycles. The van der Waals surface area contributed by atoms with Crippen molar-refractivity contribution in [3.63, 3.8) is 0 Å². The quantitative estimate of drug-likeness (QED) is 0.823. The maximum Gasteiger partial charge on any atom is 0.142 e. The number of nitrogens with one attached hydrogen (secondary N) is 1. The molecule has 0 spiro atoms. The minimum absolute atomic E-state index is 0.205. The van der Waals surface area contributed by atoms with E-state index in [4.69, 9.17) is 5.26 Å². The van der Waals surface area contributed by atoms with Gasteiger partial charge in [0, 0.05) is 25.6 Å². The van der Waals surface area contributed by atoms with E-state index in [1.807, 2.05) is 14.0 Å². The monoisotopic (exact) mass is 234 g/mol. The number of nitrogens with zero attached hydrogens (tertiary/aromatic N) is 3. The maximum atomic E-state index is 9.29. The van der Waals surface area contributed by atoms with E-state index in [0.717, 1.165) is 30.8 Å². The summed E-state index contributed by atoms with van der Waals surface area (Å²) in [6.45, 7) is 2.04. The molecule has 1 aliphatic rings. The Kier molecular flexibility index (Phi) is 3.34. The molecule has 0 radical (unpaired) electrons. The molecule has 2 rings (SSSR count). The van der Waals surface area contributed by atoms with Gasteiger partial charge in [0.25, 0.3) is 0 Å². The van der Waals surface area contributed by atoms with Crippen molar-refractivity contribution in [2.24, 2.45) is 13.0 Å². The van der Waals surface area contributed by atoms with E-state index in [1.165, 1.54) is 0 Å². The first kappa shape index (κ1) is 11.9. The Morgan fingerprint density at radius 3 is 3.00 bits per heavy atom. The van der Waals surface area contributed by atoms with Crippen molar-refractivity contribution in [2.45, 2.75) is 32.2 Å². The van der Waals surface area contributed by atoms with Gasteiger partial charge >= 0.3 is 0 Å². The molecule has 0 amide bonds. The Labute approximate surface area is 101 Å². The Hall–Kier alpha value is -1.54. The van der Waals surface area contributed by atoms with Crippen molar-refractivity contribution in [1.82, 2.24) is 9.78 Å². The van der Waals surface area contributed by atoms with Crippen molar-refractivity contribution < 1.29 is 5.11 Å². The van der Waals surface area contributed by atoms with Gasteiger partial charge in [0.15, 0.2) is 0 Å². The van der Waals surface area contributed by atoms with Crippen LogP contribution in [0.4, 0.5) is 5.82 Å². The Balaban J connectivity index is 2.21. The van der Waals surface area contributed by atoms with E-state index in [2.05, 4.69) is 16.5 Å². The highest BCUT2D eigenvalue weighted by molar-refractivity contribution is 5.55. The second-order valence-electron chi connectivity index (χ2n) is 4.67. The molecular formula is C12H18N4O. The van der Waals surface area contributed by atoms with Gasteiger partial charge in [-0.3, -0.25) is 4.68 Å². The highest BCUT2D eigenvalue weighted by Gasteiger charge is 2.28. The number of aliphatic hydroxyl groups excluding tert-OH is 1. The van der Waals surface area contributed by atoms with E-state index in [1.54, 1.807) is 4.68 Å². The van der Waals surface area contributed by atoms with Crippen LogP contribution >= 0.6 is 0 Å². The molecule has 1 aliphatic carbocycles. The Morgan fingerprint density at radius 2 is 2.35 bits per heavy atom. The normalized spacial score (nSPS) is 23.6. The third kappa shape index (κ3) is 2.13. The number of hydrogen-bond donors (Lipinski definition) is 2. The standard InChI is InChI=1S/C12H18N4O/c1-8-10(6-13)12(16(2)15-8)14-11-5-3-4-9(11)7-17/h9,11,14,17H,3-5,7H2,1-2H3. The number of hydrogen-bond acceptors (Lipinski definition) is 4. The van der Waals surface area contributed by atoms with Gasteiger partial charge in [0.05, 0.1) is 5.69 Å². The molecule has 1 aromatic rings. The topological polar surface area (TPSA) is 73.9 Å². The first-order valence-electron chi connectivity index (χ1n) is 5.98. The molecule has 17 heavy (non-hydrogen) atoms. The third-order valence-electron chi connectivity index (χ3n) is 3.55. The van der Waals surface area contributed by atoms with Crippen LogP contribution in [0.15, 0.2) is 0 Å². The zero-order valence-electron chi connectivity index (χ0n) is 10.3. The summed E-state index contributed by atoms with van der Waals surface area (Å²) in [6.07, 6.45) is 3.22. The van der Waals surface area contributed by atoms with Crippen molar-refractivity contribution in [2.75, 3.05) is 11.9 Å². The summed E-state index contributed by atoms with van der Waals surface area (Å²) in [7, 11) is 1.83. The average molecular weight is 234 g/mol. The van der Waals surface area contributed by atoms with Crippen molar-refractivity contribution >= 4 is 5.82 Å². The van der Waals surface area contributed by atoms with E-state index in [0.29, 0.717) is 5.56 Å². The zero-order valence-corrected chi connectivity index (χ0v) is 10.3. The second kappa shape index (κ2) is 4.76. The number of anilines is 1. The van der Waals surface area contributed by atoms with E-state index in [9.17, 15) is 5.11 Å². The van der Waals surface area contributed by atoms with Gasteiger partial charge in [0.2, 0.25) is 0 Å². The maximum absolute atomic E-state index is 9.29. The highest BCUT2D eigenvalue weighted by Crippen LogP contribution is 2.29. The molecule has 2 unspecified atom stereocenters. The first-order valence-corrected chi connectivity index (χ1v) is 5.98.